The van der Waals surface area contributed by atoms with Gasteiger partial charge in [-0.05, 0) is 0 Å². The summed E-state index contributed by atoms with van der Waals surface area (Å²) in [4.78, 5) is 14.3. The first kappa shape index (κ1) is 25.8. The van der Waals surface area contributed by atoms with Crippen LogP contribution in [-0.4, -0.2) is 44.0 Å². The van der Waals surface area contributed by atoms with Crippen molar-refractivity contribution >= 4 is 37.8 Å². The van der Waals surface area contributed by atoms with Crippen molar-refractivity contribution in [1.29, 1.82) is 0 Å². The molecule has 0 atom stereocenters. The van der Waals surface area contributed by atoms with Crippen LogP contribution in [0.1, 0.15) is 87.0 Å². The number of anilines is 2. The van der Waals surface area contributed by atoms with Crippen LogP contribution in [0.4, 0.5) is 11.9 Å². The number of hydrogen-bond acceptors (Lipinski definition) is 6. The van der Waals surface area contributed by atoms with Crippen molar-refractivity contribution < 1.29 is 0 Å². The zero-order valence-electron chi connectivity index (χ0n) is 19.3. The molecule has 0 radical (unpaired) electrons. The van der Waals surface area contributed by atoms with Gasteiger partial charge in [0.25, 0.3) is 0 Å². The molecule has 0 aromatic carbocycles. The first-order valence-corrected chi connectivity index (χ1v) is 21.7. The molecule has 0 aliphatic rings. The fraction of sp³-hybridized carbons (Fsp3) is 0.857. The summed E-state index contributed by atoms with van der Waals surface area (Å²) < 4.78 is 4.34. The van der Waals surface area contributed by atoms with Gasteiger partial charge in [-0.1, -0.05) is 0 Å². The van der Waals surface area contributed by atoms with Gasteiger partial charge in [0.2, 0.25) is 0 Å². The van der Waals surface area contributed by atoms with E-state index in [1.54, 1.807) is 0 Å². The Morgan fingerprint density at radius 1 is 0.714 bits per heavy atom. The SMILES string of the molecule is CCC[CH2][Sn]([CH2]CCC)([CH2]CCC)[S]c1nc(NC(C)C)nc(NC(C)C)n1. The summed E-state index contributed by atoms with van der Waals surface area (Å²) in [6.07, 6.45) is 7.93. The van der Waals surface area contributed by atoms with Gasteiger partial charge >= 0.3 is 181 Å². The van der Waals surface area contributed by atoms with E-state index in [4.69, 9.17) is 9.97 Å². The van der Waals surface area contributed by atoms with Crippen LogP contribution in [0.2, 0.25) is 13.3 Å². The quantitative estimate of drug-likeness (QED) is 0.246. The van der Waals surface area contributed by atoms with Crippen molar-refractivity contribution in [1.82, 2.24) is 15.0 Å². The molecular weight excluding hydrogens is 473 g/mol. The maximum atomic E-state index is 4.83. The van der Waals surface area contributed by atoms with Gasteiger partial charge in [0.05, 0.1) is 0 Å². The summed E-state index contributed by atoms with van der Waals surface area (Å²) in [6, 6.07) is 0.612. The van der Waals surface area contributed by atoms with E-state index in [-0.39, 0.29) is 0 Å². The first-order chi connectivity index (χ1) is 13.3. The van der Waals surface area contributed by atoms with Crippen molar-refractivity contribution in [2.24, 2.45) is 0 Å². The molecule has 1 aromatic rings. The van der Waals surface area contributed by atoms with Crippen molar-refractivity contribution in [3.05, 3.63) is 0 Å². The van der Waals surface area contributed by atoms with E-state index < -0.39 is 17.0 Å². The van der Waals surface area contributed by atoms with Crippen LogP contribution < -0.4 is 10.6 Å². The van der Waals surface area contributed by atoms with Gasteiger partial charge in [-0.3, -0.25) is 0 Å². The Bertz CT molecular complexity index is 504. The van der Waals surface area contributed by atoms with Crippen molar-refractivity contribution in [3.8, 4) is 0 Å². The van der Waals surface area contributed by atoms with E-state index in [1.165, 1.54) is 51.8 Å². The summed E-state index contributed by atoms with van der Waals surface area (Å²) in [5, 5.41) is 7.71. The number of rotatable bonds is 15. The molecule has 0 bridgehead atoms. The van der Waals surface area contributed by atoms with Crippen molar-refractivity contribution in [2.75, 3.05) is 10.6 Å². The van der Waals surface area contributed by atoms with E-state index >= 15 is 0 Å². The van der Waals surface area contributed by atoms with Crippen molar-refractivity contribution in [3.63, 3.8) is 0 Å². The Hall–Kier alpha value is -0.241. The molecule has 0 saturated carbocycles. The molecule has 2 N–H and O–H groups in total. The molecule has 0 fully saturated rings. The molecule has 0 spiro atoms. The number of unbranched alkanes of at least 4 members (excludes halogenated alkanes) is 3. The van der Waals surface area contributed by atoms with Crippen LogP contribution >= 0.6 is 8.95 Å². The van der Waals surface area contributed by atoms with Gasteiger partial charge in [0.1, 0.15) is 0 Å². The average Bonchev–Trinajstić information content (AvgIpc) is 2.61. The number of hydrogen-bond donors (Lipinski definition) is 2. The van der Waals surface area contributed by atoms with Crippen LogP contribution in [0.25, 0.3) is 0 Å². The van der Waals surface area contributed by atoms with Gasteiger partial charge in [0, 0.05) is 0 Å². The molecule has 162 valence electrons. The molecule has 0 amide bonds. The number of nitrogens with one attached hydrogen (secondary N) is 2. The second kappa shape index (κ2) is 13.9. The predicted molar refractivity (Wildman–Crippen MR) is 128 cm³/mol. The van der Waals surface area contributed by atoms with Gasteiger partial charge in [0.15, 0.2) is 0 Å². The molecule has 28 heavy (non-hydrogen) atoms. The van der Waals surface area contributed by atoms with Crippen LogP contribution in [0.5, 0.6) is 0 Å². The monoisotopic (exact) mass is 517 g/mol. The fourth-order valence-electron chi connectivity index (χ4n) is 3.27. The maximum absolute atomic E-state index is 4.83. The summed E-state index contributed by atoms with van der Waals surface area (Å²) in [5.74, 6) is 1.41. The van der Waals surface area contributed by atoms with E-state index in [9.17, 15) is 0 Å². The molecule has 1 rings (SSSR count). The second-order valence-corrected chi connectivity index (χ2v) is 27.6. The summed E-state index contributed by atoms with van der Waals surface area (Å²) in [7, 11) is 2.11. The van der Waals surface area contributed by atoms with Crippen LogP contribution in [0.15, 0.2) is 5.16 Å². The Morgan fingerprint density at radius 2 is 1.11 bits per heavy atom. The third-order valence-corrected chi connectivity index (χ3v) is 25.7. The molecule has 1 heterocycles. The van der Waals surface area contributed by atoms with E-state index in [1.807, 2.05) is 0 Å². The van der Waals surface area contributed by atoms with Gasteiger partial charge < -0.3 is 0 Å². The van der Waals surface area contributed by atoms with Crippen LogP contribution in [-0.2, 0) is 0 Å². The Kier molecular flexibility index (Phi) is 12.8. The molecule has 0 aliphatic carbocycles. The standard InChI is InChI=1S/C9H17N5S.3C4H9.Sn/c1-5(2)10-7-12-8(11-6(3)4)14-9(15)13-7;3*1-3-4-2;/h5-6H,1-4H3,(H3,10,11,12,13,14,15);3*1,3-4H2,2H3;/q;;;;+1/p-1. The average molecular weight is 516 g/mol. The summed E-state index contributed by atoms with van der Waals surface area (Å²) in [6.45, 7) is 15.5. The third kappa shape index (κ3) is 9.99. The Balaban J connectivity index is 3.20. The zero-order valence-corrected chi connectivity index (χ0v) is 22.9. The molecule has 0 unspecified atom stereocenters. The summed E-state index contributed by atoms with van der Waals surface area (Å²) in [5.41, 5.74) is 0. The topological polar surface area (TPSA) is 62.7 Å². The minimum absolute atomic E-state index is 0.306. The van der Waals surface area contributed by atoms with Crippen molar-refractivity contribution in [2.45, 2.75) is 118 Å². The second-order valence-electron chi connectivity index (χ2n) is 8.46. The molecule has 5 nitrogen and oxygen atoms in total. The van der Waals surface area contributed by atoms with E-state index in [2.05, 4.69) is 73.0 Å². The zero-order chi connectivity index (χ0) is 21.0. The Morgan fingerprint density at radius 3 is 1.43 bits per heavy atom. The molecular formula is C21H43N5SSn. The molecule has 0 saturated heterocycles. The molecule has 0 aliphatic heterocycles. The van der Waals surface area contributed by atoms with Gasteiger partial charge in [-0.15, -0.1) is 0 Å². The number of nitrogens with zero attached hydrogens (tertiary/aromatic N) is 3. The molecule has 1 aromatic heterocycles. The first-order valence-electron chi connectivity index (χ1n) is 11.3. The van der Waals surface area contributed by atoms with Crippen LogP contribution in [0, 0.1) is 0 Å². The van der Waals surface area contributed by atoms with E-state index in [0.29, 0.717) is 24.0 Å². The third-order valence-electron chi connectivity index (χ3n) is 4.72. The summed E-state index contributed by atoms with van der Waals surface area (Å²) >= 11 is -2.41. The number of aromatic nitrogens is 3. The normalized spacial score (nSPS) is 12.0. The van der Waals surface area contributed by atoms with Gasteiger partial charge in [-0.25, -0.2) is 0 Å². The van der Waals surface area contributed by atoms with E-state index in [0.717, 1.165) is 5.16 Å². The fourth-order valence-corrected chi connectivity index (χ4v) is 24.5. The Labute approximate surface area is 180 Å². The molecule has 7 heteroatoms. The van der Waals surface area contributed by atoms with Crippen LogP contribution in [0.3, 0.4) is 0 Å². The minimum atomic E-state index is -2.41. The van der Waals surface area contributed by atoms with Gasteiger partial charge in [-0.2, -0.15) is 0 Å². The predicted octanol–water partition coefficient (Wildman–Crippen LogP) is 6.95.